The summed E-state index contributed by atoms with van der Waals surface area (Å²) in [6, 6.07) is 15.0. The minimum Gasteiger partial charge on any atom is -0.289 e. The number of hydrogen-bond donors (Lipinski definition) is 0. The zero-order valence-corrected chi connectivity index (χ0v) is 15.5. The fourth-order valence-corrected chi connectivity index (χ4v) is 4.47. The summed E-state index contributed by atoms with van der Waals surface area (Å²) < 4.78 is 0. The van der Waals surface area contributed by atoms with Gasteiger partial charge in [-0.15, -0.1) is 0 Å². The molecule has 1 fully saturated rings. The zero-order chi connectivity index (χ0) is 17.8. The number of fused-ring (bicyclic) bond motifs is 1. The molecule has 4 rings (SSSR count). The number of hydrogen-bond acceptors (Lipinski definition) is 1. The van der Waals surface area contributed by atoms with Crippen molar-refractivity contribution in [3.8, 4) is 0 Å². The fraction of sp³-hybridized carbons (Fsp3) is 0.400. The van der Waals surface area contributed by atoms with Crippen LogP contribution in [0.15, 0.2) is 48.5 Å². The third kappa shape index (κ3) is 3.98. The number of carbonyl (C=O) groups excluding carboxylic acids is 1. The van der Waals surface area contributed by atoms with E-state index in [1.165, 1.54) is 61.6 Å². The Labute approximate surface area is 157 Å². The highest BCUT2D eigenvalue weighted by Crippen LogP contribution is 2.32. The van der Waals surface area contributed by atoms with Gasteiger partial charge >= 0.3 is 0 Å². The maximum atomic E-state index is 12.5. The third-order valence-corrected chi connectivity index (χ3v) is 6.07. The molecule has 2 aromatic carbocycles. The fourth-order valence-electron chi connectivity index (χ4n) is 4.47. The van der Waals surface area contributed by atoms with Crippen LogP contribution in [-0.2, 0) is 12.8 Å². The van der Waals surface area contributed by atoms with Crippen molar-refractivity contribution in [2.24, 2.45) is 0 Å². The van der Waals surface area contributed by atoms with E-state index in [2.05, 4.69) is 36.4 Å². The van der Waals surface area contributed by atoms with E-state index in [1.807, 2.05) is 12.1 Å². The van der Waals surface area contributed by atoms with E-state index in [0.29, 0.717) is 0 Å². The van der Waals surface area contributed by atoms with Crippen LogP contribution in [0, 0.1) is 0 Å². The second kappa shape index (κ2) is 8.03. The quantitative estimate of drug-likeness (QED) is 0.456. The molecule has 1 nitrogen and oxygen atoms in total. The summed E-state index contributed by atoms with van der Waals surface area (Å²) in [5.41, 5.74) is 6.18. The standard InChI is InChI=1S/C25H28O/c26-25(24-16-15-21-8-4-5-9-23(21)18-24)17-12-19-10-13-22(14-11-19)20-6-2-1-3-7-20/h10-18,20H,1-9H2. The molecular formula is C25H28O. The van der Waals surface area contributed by atoms with Gasteiger partial charge in [-0.25, -0.2) is 0 Å². The molecule has 0 unspecified atom stereocenters. The molecule has 2 aliphatic rings. The van der Waals surface area contributed by atoms with E-state index in [1.54, 1.807) is 6.08 Å². The van der Waals surface area contributed by atoms with Crippen molar-refractivity contribution in [1.29, 1.82) is 0 Å². The third-order valence-electron chi connectivity index (χ3n) is 6.07. The van der Waals surface area contributed by atoms with Crippen molar-refractivity contribution in [1.82, 2.24) is 0 Å². The lowest BCUT2D eigenvalue weighted by Gasteiger charge is -2.21. The number of aryl methyl sites for hydroxylation is 2. The van der Waals surface area contributed by atoms with Gasteiger partial charge in [0.1, 0.15) is 0 Å². The van der Waals surface area contributed by atoms with E-state index < -0.39 is 0 Å². The first kappa shape index (κ1) is 17.3. The summed E-state index contributed by atoms with van der Waals surface area (Å²) in [7, 11) is 0. The topological polar surface area (TPSA) is 17.1 Å². The summed E-state index contributed by atoms with van der Waals surface area (Å²) >= 11 is 0. The van der Waals surface area contributed by atoms with Crippen molar-refractivity contribution >= 4 is 11.9 Å². The summed E-state index contributed by atoms with van der Waals surface area (Å²) in [4.78, 5) is 12.5. The maximum absolute atomic E-state index is 12.5. The molecule has 0 heterocycles. The van der Waals surface area contributed by atoms with Crippen molar-refractivity contribution in [2.75, 3.05) is 0 Å². The number of benzene rings is 2. The molecule has 0 amide bonds. The Hall–Kier alpha value is -2.15. The van der Waals surface area contributed by atoms with Gasteiger partial charge in [-0.3, -0.25) is 4.79 Å². The number of rotatable bonds is 4. The van der Waals surface area contributed by atoms with Crippen LogP contribution in [0.2, 0.25) is 0 Å². The van der Waals surface area contributed by atoms with Crippen LogP contribution < -0.4 is 0 Å². The molecule has 0 radical (unpaired) electrons. The molecule has 1 heteroatoms. The second-order valence-corrected chi connectivity index (χ2v) is 7.89. The normalized spacial score (nSPS) is 18.0. The van der Waals surface area contributed by atoms with Crippen molar-refractivity contribution in [3.63, 3.8) is 0 Å². The van der Waals surface area contributed by atoms with Gasteiger partial charge in [0.25, 0.3) is 0 Å². The Morgan fingerprint density at radius 1 is 0.808 bits per heavy atom. The SMILES string of the molecule is O=C(C=Cc1ccc(C2CCCCC2)cc1)c1ccc2c(c1)CCCC2. The van der Waals surface area contributed by atoms with Crippen LogP contribution >= 0.6 is 0 Å². The van der Waals surface area contributed by atoms with E-state index in [0.717, 1.165) is 29.9 Å². The molecular weight excluding hydrogens is 316 g/mol. The molecule has 26 heavy (non-hydrogen) atoms. The second-order valence-electron chi connectivity index (χ2n) is 7.89. The largest absolute Gasteiger partial charge is 0.289 e. The highest BCUT2D eigenvalue weighted by atomic mass is 16.1. The Morgan fingerprint density at radius 3 is 2.31 bits per heavy atom. The molecule has 134 valence electrons. The van der Waals surface area contributed by atoms with Gasteiger partial charge in [-0.1, -0.05) is 61.7 Å². The van der Waals surface area contributed by atoms with Gasteiger partial charge < -0.3 is 0 Å². The lowest BCUT2D eigenvalue weighted by molar-refractivity contribution is 0.104. The predicted molar refractivity (Wildman–Crippen MR) is 109 cm³/mol. The average molecular weight is 344 g/mol. The summed E-state index contributed by atoms with van der Waals surface area (Å²) in [6.45, 7) is 0. The highest BCUT2D eigenvalue weighted by molar-refractivity contribution is 6.07. The van der Waals surface area contributed by atoms with Crippen molar-refractivity contribution in [3.05, 3.63) is 76.4 Å². The van der Waals surface area contributed by atoms with Gasteiger partial charge in [0.2, 0.25) is 0 Å². The molecule has 0 N–H and O–H groups in total. The Kier molecular flexibility index (Phi) is 5.34. The molecule has 0 aromatic heterocycles. The Morgan fingerprint density at radius 2 is 1.54 bits per heavy atom. The number of ketones is 1. The summed E-state index contributed by atoms with van der Waals surface area (Å²) in [5.74, 6) is 0.841. The number of allylic oxidation sites excluding steroid dienone is 1. The first-order chi connectivity index (χ1) is 12.8. The van der Waals surface area contributed by atoms with Gasteiger partial charge in [-0.2, -0.15) is 0 Å². The van der Waals surface area contributed by atoms with E-state index >= 15 is 0 Å². The smallest absolute Gasteiger partial charge is 0.185 e. The minimum atomic E-state index is 0.106. The summed E-state index contributed by atoms with van der Waals surface area (Å²) in [5, 5.41) is 0. The molecule has 0 spiro atoms. The molecule has 2 aliphatic carbocycles. The molecule has 0 saturated heterocycles. The van der Waals surface area contributed by atoms with E-state index in [9.17, 15) is 4.79 Å². The van der Waals surface area contributed by atoms with E-state index in [4.69, 9.17) is 0 Å². The number of carbonyl (C=O) groups is 1. The highest BCUT2D eigenvalue weighted by Gasteiger charge is 2.15. The zero-order valence-electron chi connectivity index (χ0n) is 15.5. The van der Waals surface area contributed by atoms with Crippen LogP contribution in [0.1, 0.15) is 83.5 Å². The van der Waals surface area contributed by atoms with Crippen LogP contribution in [0.3, 0.4) is 0 Å². The molecule has 1 saturated carbocycles. The van der Waals surface area contributed by atoms with Gasteiger partial charge in [0.15, 0.2) is 5.78 Å². The monoisotopic (exact) mass is 344 g/mol. The first-order valence-electron chi connectivity index (χ1n) is 10.2. The van der Waals surface area contributed by atoms with Crippen LogP contribution in [0.5, 0.6) is 0 Å². The van der Waals surface area contributed by atoms with Crippen molar-refractivity contribution in [2.45, 2.75) is 63.7 Å². The lowest BCUT2D eigenvalue weighted by Crippen LogP contribution is -2.05. The van der Waals surface area contributed by atoms with Crippen molar-refractivity contribution < 1.29 is 4.79 Å². The Balaban J connectivity index is 1.43. The van der Waals surface area contributed by atoms with Crippen LogP contribution in [-0.4, -0.2) is 5.78 Å². The van der Waals surface area contributed by atoms with Crippen LogP contribution in [0.25, 0.3) is 6.08 Å². The summed E-state index contributed by atoms with van der Waals surface area (Å²) in [6.07, 6.45) is 15.2. The molecule has 0 bridgehead atoms. The predicted octanol–water partition coefficient (Wildman–Crippen LogP) is 6.51. The van der Waals surface area contributed by atoms with E-state index in [-0.39, 0.29) is 5.78 Å². The molecule has 0 atom stereocenters. The van der Waals surface area contributed by atoms with Gasteiger partial charge in [-0.05, 0) is 78.8 Å². The molecule has 0 aliphatic heterocycles. The van der Waals surface area contributed by atoms with Gasteiger partial charge in [0.05, 0.1) is 0 Å². The Bertz CT molecular complexity index is 791. The average Bonchev–Trinajstić information content (AvgIpc) is 2.72. The first-order valence-corrected chi connectivity index (χ1v) is 10.2. The maximum Gasteiger partial charge on any atom is 0.185 e. The lowest BCUT2D eigenvalue weighted by atomic mass is 9.84. The van der Waals surface area contributed by atoms with Crippen LogP contribution in [0.4, 0.5) is 0 Å². The van der Waals surface area contributed by atoms with Gasteiger partial charge in [0, 0.05) is 5.56 Å². The molecule has 2 aromatic rings. The minimum absolute atomic E-state index is 0.106.